The van der Waals surface area contributed by atoms with E-state index in [1.165, 1.54) is 6.08 Å². The number of hydrogen-bond acceptors (Lipinski definition) is 7. The molecule has 0 bridgehead atoms. The predicted octanol–water partition coefficient (Wildman–Crippen LogP) is 3.56. The van der Waals surface area contributed by atoms with Gasteiger partial charge in [-0.3, -0.25) is 0 Å². The quantitative estimate of drug-likeness (QED) is 0.298. The summed E-state index contributed by atoms with van der Waals surface area (Å²) in [6.45, 7) is 6.65. The molecule has 0 saturated heterocycles. The highest BCUT2D eigenvalue weighted by atomic mass is 16.5. The number of benzene rings is 1. The molecule has 0 spiro atoms. The number of ether oxygens (including phenoxy) is 3. The van der Waals surface area contributed by atoms with Crippen LogP contribution in [0.5, 0.6) is 5.75 Å². The van der Waals surface area contributed by atoms with Crippen LogP contribution in [0.25, 0.3) is 0 Å². The molecule has 168 valence electrons. The van der Waals surface area contributed by atoms with E-state index >= 15 is 0 Å². The first-order valence-electron chi connectivity index (χ1n) is 10.7. The van der Waals surface area contributed by atoms with Crippen molar-refractivity contribution in [1.29, 1.82) is 5.26 Å². The molecule has 0 aromatic heterocycles. The summed E-state index contributed by atoms with van der Waals surface area (Å²) in [5, 5.41) is 23.4. The number of nitriles is 1. The molecule has 1 aliphatic rings. The Kier molecular flexibility index (Phi) is 9.61. The molecule has 2 atom stereocenters. The number of nitrogens with zero attached hydrogens (tertiary/aromatic N) is 1. The molecule has 31 heavy (non-hydrogen) atoms. The standard InChI is InChI=1S/C24H32N2O5/c1-4-5-6-7-13-30-19(17-29-12-8-11-27)16-26-22-20-14-18(15-25)9-10-21(20)31-24(2,3)23(22)28/h8-10,14,16,22-23,26,28H,4-7,12-13,17H2,1-3H3/b19-16+/t22-,23+/m1/s1. The molecule has 1 aliphatic heterocycles. The molecule has 2 N–H and O–H groups in total. The maximum absolute atomic E-state index is 10.9. The molecule has 0 saturated carbocycles. The van der Waals surface area contributed by atoms with Gasteiger partial charge in [-0.05, 0) is 38.5 Å². The summed E-state index contributed by atoms with van der Waals surface area (Å²) in [4.78, 5) is 10.3. The molecule has 0 aliphatic carbocycles. The van der Waals surface area contributed by atoms with Crippen molar-refractivity contribution < 1.29 is 24.1 Å². The van der Waals surface area contributed by atoms with Crippen LogP contribution in [-0.4, -0.2) is 42.6 Å². The fourth-order valence-electron chi connectivity index (χ4n) is 3.34. The number of rotatable bonds is 12. The zero-order valence-corrected chi connectivity index (χ0v) is 18.5. The van der Waals surface area contributed by atoms with Crippen LogP contribution in [0.1, 0.15) is 63.6 Å². The van der Waals surface area contributed by atoms with Crippen LogP contribution in [0, 0.1) is 11.3 Å². The number of carbonyl (C=O) groups excluding carboxylic acids is 1. The molecule has 7 heteroatoms. The summed E-state index contributed by atoms with van der Waals surface area (Å²) in [7, 11) is 0. The Morgan fingerprint density at radius 3 is 2.87 bits per heavy atom. The topological polar surface area (TPSA) is 101 Å². The van der Waals surface area contributed by atoms with Crippen molar-refractivity contribution in [2.75, 3.05) is 19.8 Å². The first-order valence-corrected chi connectivity index (χ1v) is 10.7. The van der Waals surface area contributed by atoms with Gasteiger partial charge in [0.15, 0.2) is 0 Å². The first-order chi connectivity index (χ1) is 14.9. The van der Waals surface area contributed by atoms with Gasteiger partial charge in [-0.2, -0.15) is 5.26 Å². The van der Waals surface area contributed by atoms with Gasteiger partial charge in [-0.15, -0.1) is 0 Å². The highest BCUT2D eigenvalue weighted by Crippen LogP contribution is 2.40. The lowest BCUT2D eigenvalue weighted by Gasteiger charge is -2.42. The maximum Gasteiger partial charge on any atom is 0.137 e. The van der Waals surface area contributed by atoms with Crippen molar-refractivity contribution in [3.05, 3.63) is 47.4 Å². The number of nitrogens with one attached hydrogen (secondary N) is 1. The minimum Gasteiger partial charge on any atom is -0.494 e. The average Bonchev–Trinajstić information content (AvgIpc) is 2.75. The Morgan fingerprint density at radius 1 is 1.35 bits per heavy atom. The van der Waals surface area contributed by atoms with Gasteiger partial charge in [0.05, 0.1) is 30.9 Å². The highest BCUT2D eigenvalue weighted by Gasteiger charge is 2.42. The fraction of sp³-hybridized carbons (Fsp3) is 0.542. The molecule has 1 heterocycles. The zero-order chi connectivity index (χ0) is 22.7. The number of hydrogen-bond donors (Lipinski definition) is 2. The van der Waals surface area contributed by atoms with Crippen LogP contribution in [0.15, 0.2) is 36.2 Å². The second kappa shape index (κ2) is 12.2. The monoisotopic (exact) mass is 428 g/mol. The molecule has 0 unspecified atom stereocenters. The maximum atomic E-state index is 10.9. The second-order valence-electron chi connectivity index (χ2n) is 8.02. The first kappa shape index (κ1) is 24.5. The fourth-order valence-corrected chi connectivity index (χ4v) is 3.34. The predicted molar refractivity (Wildman–Crippen MR) is 117 cm³/mol. The van der Waals surface area contributed by atoms with Crippen molar-refractivity contribution in [2.45, 2.75) is 64.2 Å². The molecular weight excluding hydrogens is 396 g/mol. The Balaban J connectivity index is 2.18. The number of aliphatic hydroxyl groups excluding tert-OH is 1. The second-order valence-corrected chi connectivity index (χ2v) is 8.02. The summed E-state index contributed by atoms with van der Waals surface area (Å²) in [5.41, 5.74) is 0.370. The molecule has 1 aromatic rings. The van der Waals surface area contributed by atoms with E-state index in [-0.39, 0.29) is 13.2 Å². The van der Waals surface area contributed by atoms with Gasteiger partial charge < -0.3 is 24.6 Å². The van der Waals surface area contributed by atoms with Crippen LogP contribution in [-0.2, 0) is 14.3 Å². The smallest absolute Gasteiger partial charge is 0.137 e. The van der Waals surface area contributed by atoms with Gasteiger partial charge in [0.2, 0.25) is 0 Å². The summed E-state index contributed by atoms with van der Waals surface area (Å²) < 4.78 is 17.3. The molecule has 1 aromatic carbocycles. The Labute approximate surface area is 184 Å². The van der Waals surface area contributed by atoms with Crippen molar-refractivity contribution >= 4 is 5.94 Å². The van der Waals surface area contributed by atoms with Crippen molar-refractivity contribution in [2.24, 2.45) is 0 Å². The van der Waals surface area contributed by atoms with Crippen LogP contribution in [0.2, 0.25) is 0 Å². The summed E-state index contributed by atoms with van der Waals surface area (Å²) in [6.07, 6.45) is 6.40. The summed E-state index contributed by atoms with van der Waals surface area (Å²) >= 11 is 0. The van der Waals surface area contributed by atoms with E-state index in [1.807, 2.05) is 13.8 Å². The third-order valence-corrected chi connectivity index (χ3v) is 5.11. The van der Waals surface area contributed by atoms with Crippen LogP contribution < -0.4 is 10.1 Å². The minimum atomic E-state index is -0.866. The van der Waals surface area contributed by atoms with E-state index < -0.39 is 17.7 Å². The summed E-state index contributed by atoms with van der Waals surface area (Å²) in [5.74, 6) is 2.86. The molecule has 0 amide bonds. The molecule has 2 rings (SSSR count). The largest absolute Gasteiger partial charge is 0.494 e. The Bertz CT molecular complexity index is 837. The van der Waals surface area contributed by atoms with E-state index in [2.05, 4.69) is 18.3 Å². The van der Waals surface area contributed by atoms with Crippen LogP contribution in [0.3, 0.4) is 0 Å². The molecule has 0 radical (unpaired) electrons. The Morgan fingerprint density at radius 2 is 2.16 bits per heavy atom. The lowest BCUT2D eigenvalue weighted by Crippen LogP contribution is -2.51. The zero-order valence-electron chi connectivity index (χ0n) is 18.5. The third kappa shape index (κ3) is 7.15. The van der Waals surface area contributed by atoms with E-state index in [0.717, 1.165) is 25.7 Å². The normalized spacial score (nSPS) is 19.4. The van der Waals surface area contributed by atoms with Crippen molar-refractivity contribution in [3.63, 3.8) is 0 Å². The van der Waals surface area contributed by atoms with Crippen LogP contribution >= 0.6 is 0 Å². The van der Waals surface area contributed by atoms with Crippen molar-refractivity contribution in [1.82, 2.24) is 5.32 Å². The lowest BCUT2D eigenvalue weighted by atomic mass is 9.86. The third-order valence-electron chi connectivity index (χ3n) is 5.11. The molecule has 0 fully saturated rings. The minimum absolute atomic E-state index is 0.140. The SMILES string of the molecule is CCCCCCO/C(=C/N[C@@H]1c2cc(C#N)ccc2OC(C)(C)[C@H]1O)COCC=C=O. The lowest BCUT2D eigenvalue weighted by molar-refractivity contribution is -0.0623. The van der Waals surface area contributed by atoms with E-state index in [0.29, 0.717) is 29.2 Å². The van der Waals surface area contributed by atoms with Gasteiger partial charge in [-0.25, -0.2) is 4.79 Å². The number of fused-ring (bicyclic) bond motifs is 1. The Hall–Kier alpha value is -2.78. The number of aliphatic hydroxyl groups is 1. The van der Waals surface area contributed by atoms with Gasteiger partial charge in [0.1, 0.15) is 35.8 Å². The highest BCUT2D eigenvalue weighted by molar-refractivity contribution is 5.46. The van der Waals surface area contributed by atoms with Gasteiger partial charge in [0, 0.05) is 17.8 Å². The number of unbranched alkanes of at least 4 members (excludes halogenated alkanes) is 3. The van der Waals surface area contributed by atoms with Crippen molar-refractivity contribution in [3.8, 4) is 11.8 Å². The van der Waals surface area contributed by atoms with Gasteiger partial charge in [0.25, 0.3) is 0 Å². The average molecular weight is 429 g/mol. The molecule has 7 nitrogen and oxygen atoms in total. The van der Waals surface area contributed by atoms with E-state index in [4.69, 9.17) is 14.2 Å². The summed E-state index contributed by atoms with van der Waals surface area (Å²) in [6, 6.07) is 6.78. The van der Waals surface area contributed by atoms with Gasteiger partial charge in [-0.1, -0.05) is 26.2 Å². The molecular formula is C24H32N2O5. The van der Waals surface area contributed by atoms with Crippen LogP contribution in [0.4, 0.5) is 0 Å². The van der Waals surface area contributed by atoms with E-state index in [1.54, 1.807) is 30.3 Å². The van der Waals surface area contributed by atoms with Gasteiger partial charge >= 0.3 is 0 Å². The van der Waals surface area contributed by atoms with E-state index in [9.17, 15) is 15.2 Å².